The summed E-state index contributed by atoms with van der Waals surface area (Å²) in [6.07, 6.45) is 1.77. The highest BCUT2D eigenvalue weighted by atomic mass is 19.1. The van der Waals surface area contributed by atoms with Crippen LogP contribution in [0.25, 0.3) is 33.3 Å². The Labute approximate surface area is 169 Å². The predicted molar refractivity (Wildman–Crippen MR) is 110 cm³/mol. The largest absolute Gasteiger partial charge is 0.293 e. The van der Waals surface area contributed by atoms with Crippen LogP contribution in [0.5, 0.6) is 0 Å². The average molecular weight is 401 g/mol. The van der Waals surface area contributed by atoms with Crippen LogP contribution in [0.15, 0.2) is 66.9 Å². The summed E-state index contributed by atoms with van der Waals surface area (Å²) in [5, 5.41) is 13.0. The van der Waals surface area contributed by atoms with Crippen molar-refractivity contribution in [1.82, 2.24) is 25.2 Å². The highest BCUT2D eigenvalue weighted by Gasteiger charge is 2.14. The van der Waals surface area contributed by atoms with Crippen molar-refractivity contribution in [1.29, 1.82) is 0 Å². The first-order chi connectivity index (χ1) is 14.6. The van der Waals surface area contributed by atoms with Gasteiger partial charge in [0, 0.05) is 17.1 Å². The third-order valence-electron chi connectivity index (χ3n) is 5.01. The Morgan fingerprint density at radius 1 is 1.13 bits per heavy atom. The Hall–Kier alpha value is -4.04. The molecular formula is C22H16FN5O2. The minimum absolute atomic E-state index is 0.237. The van der Waals surface area contributed by atoms with Crippen LogP contribution in [-0.4, -0.2) is 30.9 Å². The Kier molecular flexibility index (Phi) is 4.26. The van der Waals surface area contributed by atoms with E-state index >= 15 is 0 Å². The zero-order chi connectivity index (χ0) is 20.7. The van der Waals surface area contributed by atoms with Crippen molar-refractivity contribution in [3.63, 3.8) is 0 Å². The van der Waals surface area contributed by atoms with Crippen LogP contribution in [0.4, 0.5) is 4.39 Å². The minimum atomic E-state index is -0.898. The van der Waals surface area contributed by atoms with Gasteiger partial charge in [-0.2, -0.15) is 0 Å². The van der Waals surface area contributed by atoms with Gasteiger partial charge in [-0.1, -0.05) is 18.2 Å². The third kappa shape index (κ3) is 3.09. The molecule has 0 saturated carbocycles. The molecule has 7 nitrogen and oxygen atoms in total. The van der Waals surface area contributed by atoms with Gasteiger partial charge in [0.05, 0.1) is 28.8 Å². The zero-order valence-electron chi connectivity index (χ0n) is 15.6. The molecule has 3 N–H and O–H groups in total. The number of hydroxylamine groups is 1. The molecule has 2 aromatic carbocycles. The number of rotatable bonds is 4. The van der Waals surface area contributed by atoms with Gasteiger partial charge in [-0.15, -0.1) is 0 Å². The van der Waals surface area contributed by atoms with E-state index in [1.807, 2.05) is 35.0 Å². The van der Waals surface area contributed by atoms with E-state index in [0.717, 1.165) is 27.6 Å². The fourth-order valence-electron chi connectivity index (χ4n) is 3.49. The van der Waals surface area contributed by atoms with E-state index in [0.29, 0.717) is 17.8 Å². The van der Waals surface area contributed by atoms with Gasteiger partial charge >= 0.3 is 0 Å². The van der Waals surface area contributed by atoms with Gasteiger partial charge in [0.2, 0.25) is 0 Å². The molecule has 3 heterocycles. The maximum atomic E-state index is 14.2. The van der Waals surface area contributed by atoms with Crippen molar-refractivity contribution < 1.29 is 14.4 Å². The molecule has 148 valence electrons. The predicted octanol–water partition coefficient (Wildman–Crippen LogP) is 3.89. The SMILES string of the molecule is O=C(NO)c1ccc(-c2ccc3[nH]n(Cc4ccc5ncccc5c4)c3n2)cc1F. The maximum absolute atomic E-state index is 14.2. The molecule has 0 aliphatic heterocycles. The van der Waals surface area contributed by atoms with Gasteiger partial charge in [0.25, 0.3) is 5.91 Å². The molecule has 0 saturated heterocycles. The number of H-pyrrole nitrogens is 1. The van der Waals surface area contributed by atoms with Crippen LogP contribution < -0.4 is 5.48 Å². The summed E-state index contributed by atoms with van der Waals surface area (Å²) >= 11 is 0. The Balaban J connectivity index is 1.46. The van der Waals surface area contributed by atoms with E-state index in [1.54, 1.807) is 18.3 Å². The lowest BCUT2D eigenvalue weighted by Crippen LogP contribution is -2.19. The summed E-state index contributed by atoms with van der Waals surface area (Å²) in [5.41, 5.74) is 6.01. The van der Waals surface area contributed by atoms with Crippen LogP contribution in [0.2, 0.25) is 0 Å². The van der Waals surface area contributed by atoms with Gasteiger partial charge in [-0.25, -0.2) is 14.9 Å². The van der Waals surface area contributed by atoms with Crippen LogP contribution >= 0.6 is 0 Å². The average Bonchev–Trinajstić information content (AvgIpc) is 2.77. The number of carbonyl (C=O) groups excluding carboxylic acids is 1. The Bertz CT molecular complexity index is 1410. The highest BCUT2D eigenvalue weighted by molar-refractivity contribution is 5.94. The van der Waals surface area contributed by atoms with Crippen LogP contribution in [0, 0.1) is 5.82 Å². The number of aromatic amines is 1. The summed E-state index contributed by atoms with van der Waals surface area (Å²) in [5.74, 6) is -1.63. The second-order valence-electron chi connectivity index (χ2n) is 6.93. The van der Waals surface area contributed by atoms with E-state index in [2.05, 4.69) is 21.1 Å². The van der Waals surface area contributed by atoms with E-state index in [4.69, 9.17) is 5.21 Å². The number of halogens is 1. The number of benzene rings is 2. The fraction of sp³-hybridized carbons (Fsp3) is 0.0455. The van der Waals surface area contributed by atoms with Crippen LogP contribution in [-0.2, 0) is 6.54 Å². The Morgan fingerprint density at radius 2 is 2.03 bits per heavy atom. The number of amides is 1. The van der Waals surface area contributed by atoms with Gasteiger partial charge < -0.3 is 0 Å². The van der Waals surface area contributed by atoms with Crippen LogP contribution in [0.3, 0.4) is 0 Å². The maximum Gasteiger partial charge on any atom is 0.277 e. The molecule has 3 aromatic heterocycles. The lowest BCUT2D eigenvalue weighted by Gasteiger charge is -2.17. The molecule has 0 bridgehead atoms. The Morgan fingerprint density at radius 3 is 2.87 bits per heavy atom. The zero-order valence-corrected chi connectivity index (χ0v) is 15.6. The molecule has 0 atom stereocenters. The molecule has 0 aliphatic rings. The number of carbonyl (C=O) groups is 1. The summed E-state index contributed by atoms with van der Waals surface area (Å²) in [4.78, 5) is 20.4. The molecule has 0 spiro atoms. The quantitative estimate of drug-likeness (QED) is 0.315. The molecule has 8 heteroatoms. The molecule has 30 heavy (non-hydrogen) atoms. The van der Waals surface area contributed by atoms with Crippen molar-refractivity contribution in [2.75, 3.05) is 0 Å². The highest BCUT2D eigenvalue weighted by Crippen LogP contribution is 2.24. The van der Waals surface area contributed by atoms with Crippen molar-refractivity contribution in [3.05, 3.63) is 83.8 Å². The number of hydrogen-bond donors (Lipinski definition) is 3. The second kappa shape index (κ2) is 7.09. The van der Waals surface area contributed by atoms with E-state index < -0.39 is 11.7 Å². The molecule has 5 rings (SSSR count). The molecule has 5 aromatic rings. The summed E-state index contributed by atoms with van der Waals surface area (Å²) in [6.45, 7) is 0.609. The van der Waals surface area contributed by atoms with Crippen molar-refractivity contribution in [2.45, 2.75) is 6.54 Å². The van der Waals surface area contributed by atoms with Crippen molar-refractivity contribution in [3.8, 4) is 11.3 Å². The standard InChI is InChI=1S/C22H16FN5O2/c23-17-11-15(4-5-16(17)22(29)27-30)19-7-8-20-21(25-19)28(26-20)12-13-3-6-18-14(10-13)2-1-9-24-18/h1-11,26,30H,12H2,(H,27,29). The second-order valence-corrected chi connectivity index (χ2v) is 6.93. The number of nitrogens with one attached hydrogen (secondary N) is 2. The summed E-state index contributed by atoms with van der Waals surface area (Å²) in [7, 11) is 0. The number of pyridine rings is 2. The third-order valence-corrected chi connectivity index (χ3v) is 5.01. The summed E-state index contributed by atoms with van der Waals surface area (Å²) < 4.78 is 16.1. The number of nitrogens with zero attached hydrogens (tertiary/aromatic N) is 3. The first kappa shape index (κ1) is 18.0. The molecule has 0 fully saturated rings. The van der Waals surface area contributed by atoms with Gasteiger partial charge in [0.15, 0.2) is 5.65 Å². The van der Waals surface area contributed by atoms with Gasteiger partial charge in [-0.05, 0) is 48.0 Å². The van der Waals surface area contributed by atoms with E-state index in [-0.39, 0.29) is 5.56 Å². The number of fused-ring (bicyclic) bond motifs is 2. The van der Waals surface area contributed by atoms with Gasteiger partial charge in [0.1, 0.15) is 5.82 Å². The monoisotopic (exact) mass is 401 g/mol. The van der Waals surface area contributed by atoms with E-state index in [1.165, 1.54) is 17.6 Å². The first-order valence-corrected chi connectivity index (χ1v) is 9.25. The van der Waals surface area contributed by atoms with Crippen LogP contribution in [0.1, 0.15) is 15.9 Å². The normalized spacial score (nSPS) is 11.3. The summed E-state index contributed by atoms with van der Waals surface area (Å²) in [6, 6.07) is 17.8. The number of aromatic nitrogens is 4. The van der Waals surface area contributed by atoms with Crippen molar-refractivity contribution >= 4 is 28.0 Å². The van der Waals surface area contributed by atoms with Crippen molar-refractivity contribution in [2.24, 2.45) is 0 Å². The molecule has 0 unspecified atom stereocenters. The molecule has 0 aliphatic carbocycles. The smallest absolute Gasteiger partial charge is 0.277 e. The lowest BCUT2D eigenvalue weighted by atomic mass is 10.1. The fourth-order valence-corrected chi connectivity index (χ4v) is 3.49. The molecule has 0 radical (unpaired) electrons. The minimum Gasteiger partial charge on any atom is -0.293 e. The topological polar surface area (TPSA) is 95.8 Å². The molecular weight excluding hydrogens is 385 g/mol. The first-order valence-electron chi connectivity index (χ1n) is 9.25. The molecule has 1 amide bonds. The van der Waals surface area contributed by atoms with Gasteiger partial charge in [-0.3, -0.25) is 24.8 Å². The lowest BCUT2D eigenvalue weighted by molar-refractivity contribution is 0.0702. The van der Waals surface area contributed by atoms with E-state index in [9.17, 15) is 9.18 Å². The number of hydrogen-bond acceptors (Lipinski definition) is 4.